The van der Waals surface area contributed by atoms with Gasteiger partial charge in [-0.1, -0.05) is 24.6 Å². The molecule has 0 aliphatic heterocycles. The van der Waals surface area contributed by atoms with Gasteiger partial charge in [0, 0.05) is 18.0 Å². The van der Waals surface area contributed by atoms with Crippen molar-refractivity contribution in [3.05, 3.63) is 49.7 Å². The summed E-state index contributed by atoms with van der Waals surface area (Å²) in [4.78, 5) is 12.0. The number of benzene rings is 1. The third kappa shape index (κ3) is 4.09. The Hall–Kier alpha value is -1.79. The summed E-state index contributed by atoms with van der Waals surface area (Å²) in [6, 6.07) is 8.96. The highest BCUT2D eigenvalue weighted by atomic mass is 35.5. The van der Waals surface area contributed by atoms with Crippen LogP contribution in [0.2, 0.25) is 4.34 Å². The van der Waals surface area contributed by atoms with Gasteiger partial charge in [-0.3, -0.25) is 10.1 Å². The molecule has 2 aromatic rings. The highest BCUT2D eigenvalue weighted by Crippen LogP contribution is 2.33. The number of nitro benzene ring substituents is 1. The van der Waals surface area contributed by atoms with Gasteiger partial charge in [0.25, 0.3) is 0 Å². The van der Waals surface area contributed by atoms with Crippen LogP contribution in [0.15, 0.2) is 30.3 Å². The maximum atomic E-state index is 11.3. The maximum absolute atomic E-state index is 11.3. The van der Waals surface area contributed by atoms with Crippen LogP contribution in [0.3, 0.4) is 0 Å². The molecule has 0 atom stereocenters. The molecule has 21 heavy (non-hydrogen) atoms. The molecule has 0 amide bonds. The lowest BCUT2D eigenvalue weighted by Gasteiger charge is -2.10. The van der Waals surface area contributed by atoms with Crippen LogP contribution in [-0.2, 0) is 6.54 Å². The van der Waals surface area contributed by atoms with Crippen molar-refractivity contribution in [2.45, 2.75) is 19.9 Å². The van der Waals surface area contributed by atoms with E-state index in [4.69, 9.17) is 11.6 Å². The summed E-state index contributed by atoms with van der Waals surface area (Å²) in [5, 5.41) is 17.5. The number of rotatable bonds is 7. The summed E-state index contributed by atoms with van der Waals surface area (Å²) in [6.45, 7) is 3.22. The average molecular weight is 326 g/mol. The van der Waals surface area contributed by atoms with E-state index in [9.17, 15) is 10.1 Å². The quantitative estimate of drug-likeness (QED) is 0.569. The predicted octanol–water partition coefficient (Wildman–Crippen LogP) is 4.74. The predicted molar refractivity (Wildman–Crippen MR) is 88.5 cm³/mol. The van der Waals surface area contributed by atoms with Crippen molar-refractivity contribution in [2.24, 2.45) is 0 Å². The molecular formula is C14H16ClN3O2S. The lowest BCUT2D eigenvalue weighted by molar-refractivity contribution is -0.383. The molecule has 0 saturated heterocycles. The standard InChI is InChI=1S/C14H16ClN3O2S/c1-2-8-16-11-4-3-5-12(14(11)18(19)20)17-9-10-6-7-13(15)21-10/h3-7,16-17H,2,8-9H2,1H3. The molecule has 1 aromatic heterocycles. The zero-order valence-corrected chi connectivity index (χ0v) is 13.1. The number of nitrogens with zero attached hydrogens (tertiary/aromatic N) is 1. The average Bonchev–Trinajstić information content (AvgIpc) is 2.88. The van der Waals surface area contributed by atoms with Gasteiger partial charge in [-0.05, 0) is 30.7 Å². The van der Waals surface area contributed by atoms with E-state index in [1.165, 1.54) is 11.3 Å². The molecule has 0 bridgehead atoms. The summed E-state index contributed by atoms with van der Waals surface area (Å²) >= 11 is 7.34. The number of halogens is 1. The second-order valence-corrected chi connectivity index (χ2v) is 6.24. The largest absolute Gasteiger partial charge is 0.379 e. The summed E-state index contributed by atoms with van der Waals surface area (Å²) in [5.74, 6) is 0. The van der Waals surface area contributed by atoms with Crippen LogP contribution in [0.5, 0.6) is 0 Å². The second-order valence-electron chi connectivity index (χ2n) is 4.45. The van der Waals surface area contributed by atoms with Gasteiger partial charge in [-0.25, -0.2) is 0 Å². The van der Waals surface area contributed by atoms with Gasteiger partial charge < -0.3 is 10.6 Å². The lowest BCUT2D eigenvalue weighted by atomic mass is 10.2. The first-order valence-electron chi connectivity index (χ1n) is 6.61. The smallest absolute Gasteiger partial charge is 0.315 e. The number of hydrogen-bond donors (Lipinski definition) is 2. The number of thiophene rings is 1. The van der Waals surface area contributed by atoms with E-state index in [1.807, 2.05) is 19.1 Å². The third-order valence-corrected chi connectivity index (χ3v) is 4.10. The SMILES string of the molecule is CCCNc1cccc(NCc2ccc(Cl)s2)c1[N+](=O)[O-]. The van der Waals surface area contributed by atoms with Crippen LogP contribution in [0.1, 0.15) is 18.2 Å². The molecule has 0 unspecified atom stereocenters. The molecule has 0 fully saturated rings. The van der Waals surface area contributed by atoms with Crippen molar-refractivity contribution in [3.8, 4) is 0 Å². The number of anilines is 2. The molecule has 7 heteroatoms. The first kappa shape index (κ1) is 15.6. The van der Waals surface area contributed by atoms with Crippen molar-refractivity contribution in [1.82, 2.24) is 0 Å². The minimum atomic E-state index is -0.359. The fraction of sp³-hybridized carbons (Fsp3) is 0.286. The Kier molecular flexibility index (Phi) is 5.41. The summed E-state index contributed by atoms with van der Waals surface area (Å²) in [6.07, 6.45) is 0.905. The third-order valence-electron chi connectivity index (χ3n) is 2.87. The fourth-order valence-electron chi connectivity index (χ4n) is 1.91. The Bertz CT molecular complexity index is 630. The molecule has 0 saturated carbocycles. The van der Waals surface area contributed by atoms with E-state index in [-0.39, 0.29) is 10.6 Å². The van der Waals surface area contributed by atoms with Crippen molar-refractivity contribution >= 4 is 40.0 Å². The van der Waals surface area contributed by atoms with Crippen LogP contribution in [0, 0.1) is 10.1 Å². The molecular weight excluding hydrogens is 310 g/mol. The molecule has 2 rings (SSSR count). The van der Waals surface area contributed by atoms with Crippen LogP contribution in [0.4, 0.5) is 17.1 Å². The summed E-state index contributed by atoms with van der Waals surface area (Å²) < 4.78 is 0.708. The monoisotopic (exact) mass is 325 g/mol. The molecule has 1 heterocycles. The molecule has 112 valence electrons. The Labute approximate surface area is 132 Å². The van der Waals surface area contributed by atoms with E-state index in [1.54, 1.807) is 18.2 Å². The van der Waals surface area contributed by atoms with Crippen molar-refractivity contribution in [1.29, 1.82) is 0 Å². The Morgan fingerprint density at radius 3 is 2.52 bits per heavy atom. The van der Waals surface area contributed by atoms with Gasteiger partial charge in [0.1, 0.15) is 11.4 Å². The van der Waals surface area contributed by atoms with Gasteiger partial charge in [0.2, 0.25) is 0 Å². The van der Waals surface area contributed by atoms with Crippen LogP contribution in [0.25, 0.3) is 0 Å². The first-order chi connectivity index (χ1) is 10.1. The highest BCUT2D eigenvalue weighted by molar-refractivity contribution is 7.16. The zero-order valence-electron chi connectivity index (χ0n) is 11.6. The minimum absolute atomic E-state index is 0.0774. The second kappa shape index (κ2) is 7.28. The lowest BCUT2D eigenvalue weighted by Crippen LogP contribution is -2.06. The number of para-hydroxylation sites is 1. The molecule has 5 nitrogen and oxygen atoms in total. The van der Waals surface area contributed by atoms with Crippen molar-refractivity contribution in [2.75, 3.05) is 17.2 Å². The van der Waals surface area contributed by atoms with Crippen LogP contribution in [-0.4, -0.2) is 11.5 Å². The fourth-order valence-corrected chi connectivity index (χ4v) is 2.94. The molecule has 0 aliphatic carbocycles. The molecule has 0 spiro atoms. The Morgan fingerprint density at radius 1 is 1.24 bits per heavy atom. The van der Waals surface area contributed by atoms with Gasteiger partial charge in [-0.2, -0.15) is 0 Å². The summed E-state index contributed by atoms with van der Waals surface area (Å²) in [7, 11) is 0. The zero-order chi connectivity index (χ0) is 15.2. The van der Waals surface area contributed by atoms with E-state index < -0.39 is 0 Å². The number of hydrogen-bond acceptors (Lipinski definition) is 5. The van der Waals surface area contributed by atoms with Gasteiger partial charge in [-0.15, -0.1) is 11.3 Å². The number of nitrogens with one attached hydrogen (secondary N) is 2. The Morgan fingerprint density at radius 2 is 1.95 bits per heavy atom. The Balaban J connectivity index is 2.19. The first-order valence-corrected chi connectivity index (χ1v) is 7.80. The highest BCUT2D eigenvalue weighted by Gasteiger charge is 2.19. The van der Waals surface area contributed by atoms with Gasteiger partial charge in [0.05, 0.1) is 9.26 Å². The van der Waals surface area contributed by atoms with Crippen LogP contribution >= 0.6 is 22.9 Å². The summed E-state index contributed by atoms with van der Waals surface area (Å²) in [5.41, 5.74) is 1.12. The van der Waals surface area contributed by atoms with Crippen molar-refractivity contribution in [3.63, 3.8) is 0 Å². The van der Waals surface area contributed by atoms with Crippen LogP contribution < -0.4 is 10.6 Å². The normalized spacial score (nSPS) is 10.4. The van der Waals surface area contributed by atoms with E-state index in [2.05, 4.69) is 10.6 Å². The molecule has 0 aliphatic rings. The van der Waals surface area contributed by atoms with Gasteiger partial charge >= 0.3 is 5.69 Å². The molecule has 1 aromatic carbocycles. The van der Waals surface area contributed by atoms with Crippen molar-refractivity contribution < 1.29 is 4.92 Å². The van der Waals surface area contributed by atoms with E-state index in [0.717, 1.165) is 11.3 Å². The molecule has 2 N–H and O–H groups in total. The topological polar surface area (TPSA) is 67.2 Å². The molecule has 0 radical (unpaired) electrons. The van der Waals surface area contributed by atoms with Gasteiger partial charge in [0.15, 0.2) is 0 Å². The maximum Gasteiger partial charge on any atom is 0.315 e. The minimum Gasteiger partial charge on any atom is -0.379 e. The van der Waals surface area contributed by atoms with E-state index >= 15 is 0 Å². The van der Waals surface area contributed by atoms with E-state index in [0.29, 0.717) is 28.8 Å². The number of nitro groups is 1.